The highest BCUT2D eigenvalue weighted by Crippen LogP contribution is 2.25. The molecule has 11 heteroatoms. The highest BCUT2D eigenvalue weighted by Gasteiger charge is 2.30. The zero-order chi connectivity index (χ0) is 20.9. The van der Waals surface area contributed by atoms with Gasteiger partial charge in [-0.25, -0.2) is 0 Å². The molecule has 0 aliphatic rings. The van der Waals surface area contributed by atoms with E-state index in [1.807, 2.05) is 23.6 Å². The summed E-state index contributed by atoms with van der Waals surface area (Å²) in [6.45, 7) is 2.57. The molecule has 0 bridgehead atoms. The fraction of sp³-hybridized carbons (Fsp3) is 0.222. The second-order valence-electron chi connectivity index (χ2n) is 5.70. The summed E-state index contributed by atoms with van der Waals surface area (Å²) in [6.07, 6.45) is -1.43. The van der Waals surface area contributed by atoms with Crippen LogP contribution in [-0.4, -0.2) is 37.8 Å². The summed E-state index contributed by atoms with van der Waals surface area (Å²) in [5.74, 6) is 0.0631. The molecule has 0 aliphatic carbocycles. The molecule has 29 heavy (non-hydrogen) atoms. The molecule has 0 aliphatic heterocycles. The van der Waals surface area contributed by atoms with Gasteiger partial charge >= 0.3 is 6.36 Å². The van der Waals surface area contributed by atoms with Crippen molar-refractivity contribution in [2.24, 2.45) is 0 Å². The van der Waals surface area contributed by atoms with Gasteiger partial charge in [-0.3, -0.25) is 9.78 Å². The Morgan fingerprint density at radius 3 is 2.45 bits per heavy atom. The van der Waals surface area contributed by atoms with E-state index < -0.39 is 6.36 Å². The zero-order valence-electron chi connectivity index (χ0n) is 15.2. The number of amides is 1. The molecular formula is C18H16F3N5O2S. The first kappa shape index (κ1) is 20.6. The topological polar surface area (TPSA) is 81.9 Å². The van der Waals surface area contributed by atoms with Crippen molar-refractivity contribution in [3.8, 4) is 17.1 Å². The van der Waals surface area contributed by atoms with Crippen LogP contribution in [0.3, 0.4) is 0 Å². The largest absolute Gasteiger partial charge is 0.573 e. The van der Waals surface area contributed by atoms with E-state index in [1.54, 1.807) is 12.4 Å². The Kier molecular flexibility index (Phi) is 6.37. The standard InChI is InChI=1S/C18H16F3N5O2S/c1-2-26-16(12-7-9-22-10-8-12)24-25-17(26)29-11-15(27)23-13-3-5-14(6-4-13)28-18(19,20)21/h3-10H,2,11H2,1H3,(H,23,27). The zero-order valence-corrected chi connectivity index (χ0v) is 16.0. The van der Waals surface area contributed by atoms with Crippen molar-refractivity contribution in [1.82, 2.24) is 19.7 Å². The fourth-order valence-corrected chi connectivity index (χ4v) is 3.26. The molecule has 152 valence electrons. The minimum atomic E-state index is -4.76. The number of thioether (sulfide) groups is 1. The van der Waals surface area contributed by atoms with Crippen molar-refractivity contribution >= 4 is 23.4 Å². The van der Waals surface area contributed by atoms with Crippen molar-refractivity contribution in [2.45, 2.75) is 25.0 Å². The van der Waals surface area contributed by atoms with Gasteiger partial charge in [-0.05, 0) is 43.3 Å². The number of ether oxygens (including phenoxy) is 1. The van der Waals surface area contributed by atoms with Crippen LogP contribution in [-0.2, 0) is 11.3 Å². The number of carbonyl (C=O) groups is 1. The number of rotatable bonds is 7. The van der Waals surface area contributed by atoms with Gasteiger partial charge in [0.15, 0.2) is 11.0 Å². The van der Waals surface area contributed by atoms with E-state index in [1.165, 1.54) is 23.9 Å². The van der Waals surface area contributed by atoms with Gasteiger partial charge in [0.05, 0.1) is 5.75 Å². The second-order valence-corrected chi connectivity index (χ2v) is 6.64. The summed E-state index contributed by atoms with van der Waals surface area (Å²) in [5, 5.41) is 11.5. The highest BCUT2D eigenvalue weighted by atomic mass is 32.2. The third kappa shape index (κ3) is 5.70. The molecule has 0 atom stereocenters. The molecule has 0 spiro atoms. The van der Waals surface area contributed by atoms with Gasteiger partial charge in [0.25, 0.3) is 0 Å². The van der Waals surface area contributed by atoms with E-state index in [0.29, 0.717) is 23.2 Å². The SMILES string of the molecule is CCn1c(SCC(=O)Nc2ccc(OC(F)(F)F)cc2)nnc1-c1ccncc1. The molecule has 0 unspecified atom stereocenters. The number of nitrogens with one attached hydrogen (secondary N) is 1. The van der Waals surface area contributed by atoms with E-state index in [9.17, 15) is 18.0 Å². The number of anilines is 1. The summed E-state index contributed by atoms with van der Waals surface area (Å²) in [5.41, 5.74) is 1.23. The maximum Gasteiger partial charge on any atom is 0.573 e. The lowest BCUT2D eigenvalue weighted by atomic mass is 10.2. The summed E-state index contributed by atoms with van der Waals surface area (Å²) < 4.78 is 42.2. The number of alkyl halides is 3. The van der Waals surface area contributed by atoms with Crippen LogP contribution in [0.1, 0.15) is 6.92 Å². The number of nitrogens with zero attached hydrogens (tertiary/aromatic N) is 4. The van der Waals surface area contributed by atoms with Crippen LogP contribution in [0.5, 0.6) is 5.75 Å². The Labute approximate surface area is 168 Å². The Morgan fingerprint density at radius 1 is 1.14 bits per heavy atom. The number of aromatic nitrogens is 4. The average molecular weight is 423 g/mol. The van der Waals surface area contributed by atoms with Crippen LogP contribution in [0.15, 0.2) is 53.9 Å². The first-order valence-electron chi connectivity index (χ1n) is 8.48. The van der Waals surface area contributed by atoms with E-state index in [-0.39, 0.29) is 17.4 Å². The number of benzene rings is 1. The van der Waals surface area contributed by atoms with E-state index in [4.69, 9.17) is 0 Å². The smallest absolute Gasteiger partial charge is 0.406 e. The monoisotopic (exact) mass is 423 g/mol. The number of hydrogen-bond acceptors (Lipinski definition) is 6. The lowest BCUT2D eigenvalue weighted by Crippen LogP contribution is -2.17. The minimum absolute atomic E-state index is 0.0648. The molecule has 0 saturated carbocycles. The average Bonchev–Trinajstić information content (AvgIpc) is 3.10. The van der Waals surface area contributed by atoms with Gasteiger partial charge in [-0.1, -0.05) is 11.8 Å². The van der Waals surface area contributed by atoms with Crippen LogP contribution >= 0.6 is 11.8 Å². The first-order valence-corrected chi connectivity index (χ1v) is 9.46. The van der Waals surface area contributed by atoms with Gasteiger partial charge < -0.3 is 14.6 Å². The Hall–Kier alpha value is -3.08. The fourth-order valence-electron chi connectivity index (χ4n) is 2.46. The Bertz CT molecular complexity index is 962. The van der Waals surface area contributed by atoms with Gasteiger partial charge in [0, 0.05) is 30.2 Å². The van der Waals surface area contributed by atoms with Crippen molar-refractivity contribution < 1.29 is 22.7 Å². The molecule has 3 rings (SSSR count). The van der Waals surface area contributed by atoms with E-state index in [2.05, 4.69) is 25.2 Å². The lowest BCUT2D eigenvalue weighted by molar-refractivity contribution is -0.274. The summed E-state index contributed by atoms with van der Waals surface area (Å²) in [4.78, 5) is 16.1. The van der Waals surface area contributed by atoms with Gasteiger partial charge in [-0.15, -0.1) is 23.4 Å². The Balaban J connectivity index is 1.59. The molecule has 0 fully saturated rings. The number of carbonyl (C=O) groups excluding carboxylic acids is 1. The first-order chi connectivity index (χ1) is 13.9. The quantitative estimate of drug-likeness (QED) is 0.579. The molecule has 1 aromatic carbocycles. The number of hydrogen-bond donors (Lipinski definition) is 1. The van der Waals surface area contributed by atoms with Crippen LogP contribution in [0, 0.1) is 0 Å². The Morgan fingerprint density at radius 2 is 1.83 bits per heavy atom. The lowest BCUT2D eigenvalue weighted by Gasteiger charge is -2.10. The third-order valence-corrected chi connectivity index (χ3v) is 4.64. The van der Waals surface area contributed by atoms with Crippen LogP contribution in [0.4, 0.5) is 18.9 Å². The number of pyridine rings is 1. The summed E-state index contributed by atoms with van der Waals surface area (Å²) >= 11 is 1.21. The van der Waals surface area contributed by atoms with Crippen molar-refractivity contribution in [1.29, 1.82) is 0 Å². The molecule has 1 amide bonds. The molecule has 3 aromatic rings. The molecule has 1 N–H and O–H groups in total. The minimum Gasteiger partial charge on any atom is -0.406 e. The van der Waals surface area contributed by atoms with Crippen LogP contribution < -0.4 is 10.1 Å². The summed E-state index contributed by atoms with van der Waals surface area (Å²) in [7, 11) is 0. The maximum absolute atomic E-state index is 12.2. The van der Waals surface area contributed by atoms with E-state index >= 15 is 0 Å². The van der Waals surface area contributed by atoms with Crippen molar-refractivity contribution in [2.75, 3.05) is 11.1 Å². The van der Waals surface area contributed by atoms with Crippen molar-refractivity contribution in [3.63, 3.8) is 0 Å². The van der Waals surface area contributed by atoms with E-state index in [0.717, 1.165) is 17.7 Å². The second kappa shape index (κ2) is 8.95. The third-order valence-electron chi connectivity index (χ3n) is 3.68. The van der Waals surface area contributed by atoms with Gasteiger partial charge in [0.2, 0.25) is 5.91 Å². The van der Waals surface area contributed by atoms with Crippen LogP contribution in [0.25, 0.3) is 11.4 Å². The van der Waals surface area contributed by atoms with Gasteiger partial charge in [-0.2, -0.15) is 0 Å². The highest BCUT2D eigenvalue weighted by molar-refractivity contribution is 7.99. The van der Waals surface area contributed by atoms with Crippen molar-refractivity contribution in [3.05, 3.63) is 48.8 Å². The molecule has 7 nitrogen and oxygen atoms in total. The summed E-state index contributed by atoms with van der Waals surface area (Å²) in [6, 6.07) is 8.57. The maximum atomic E-state index is 12.2. The molecule has 2 heterocycles. The molecule has 0 radical (unpaired) electrons. The predicted molar refractivity (Wildman–Crippen MR) is 101 cm³/mol. The van der Waals surface area contributed by atoms with Crippen LogP contribution in [0.2, 0.25) is 0 Å². The molecule has 0 saturated heterocycles. The molecular weight excluding hydrogens is 407 g/mol. The van der Waals surface area contributed by atoms with Gasteiger partial charge in [0.1, 0.15) is 5.75 Å². The number of halogens is 3. The molecule has 2 aromatic heterocycles. The normalized spacial score (nSPS) is 11.3. The predicted octanol–water partition coefficient (Wildman–Crippen LogP) is 3.99.